The van der Waals surface area contributed by atoms with Crippen LogP contribution in [0.4, 0.5) is 0 Å². The van der Waals surface area contributed by atoms with Crippen LogP contribution >= 0.6 is 0 Å². The highest BCUT2D eigenvalue weighted by molar-refractivity contribution is 5.13. The molecule has 0 saturated heterocycles. The fourth-order valence-electron chi connectivity index (χ4n) is 1.53. The zero-order chi connectivity index (χ0) is 10.4. The van der Waals surface area contributed by atoms with Gasteiger partial charge in [0.1, 0.15) is 0 Å². The molecule has 0 amide bonds. The van der Waals surface area contributed by atoms with Gasteiger partial charge in [-0.15, -0.1) is 0 Å². The minimum Gasteiger partial charge on any atom is -0.309 e. The lowest BCUT2D eigenvalue weighted by Crippen LogP contribution is -2.22. The molecule has 0 bridgehead atoms. The van der Waals surface area contributed by atoms with Gasteiger partial charge < -0.3 is 5.32 Å². The summed E-state index contributed by atoms with van der Waals surface area (Å²) in [4.78, 5) is 4.53. The number of aromatic nitrogens is 1. The summed E-state index contributed by atoms with van der Waals surface area (Å²) in [6.07, 6.45) is 2.26. The summed E-state index contributed by atoms with van der Waals surface area (Å²) in [5, 5.41) is 3.50. The quantitative estimate of drug-likeness (QED) is 0.776. The largest absolute Gasteiger partial charge is 0.309 e. The number of nitrogens with zero attached hydrogens (tertiary/aromatic N) is 1. The molecule has 1 unspecified atom stereocenters. The third-order valence-corrected chi connectivity index (χ3v) is 2.32. The van der Waals surface area contributed by atoms with Crippen molar-refractivity contribution < 1.29 is 0 Å². The smallest absolute Gasteiger partial charge is 0.0576 e. The molecule has 1 N–H and O–H groups in total. The van der Waals surface area contributed by atoms with Crippen molar-refractivity contribution in [2.24, 2.45) is 0 Å². The number of pyridine rings is 1. The second kappa shape index (κ2) is 5.76. The second-order valence-corrected chi connectivity index (χ2v) is 3.62. The summed E-state index contributed by atoms with van der Waals surface area (Å²) in [7, 11) is 0. The predicted octanol–water partition coefficient (Wildman–Crippen LogP) is 2.84. The van der Waals surface area contributed by atoms with E-state index in [9.17, 15) is 0 Å². The first kappa shape index (κ1) is 11.2. The zero-order valence-corrected chi connectivity index (χ0v) is 9.38. The van der Waals surface area contributed by atoms with Crippen molar-refractivity contribution in [2.75, 3.05) is 6.54 Å². The van der Waals surface area contributed by atoms with Crippen LogP contribution in [0.5, 0.6) is 0 Å². The van der Waals surface area contributed by atoms with Gasteiger partial charge in [-0.25, -0.2) is 0 Å². The van der Waals surface area contributed by atoms with Crippen LogP contribution in [0, 0.1) is 6.92 Å². The average Bonchev–Trinajstić information content (AvgIpc) is 2.19. The highest BCUT2D eigenvalue weighted by atomic mass is 14.9. The van der Waals surface area contributed by atoms with Crippen molar-refractivity contribution in [3.63, 3.8) is 0 Å². The molecule has 1 aromatic heterocycles. The molecule has 0 saturated carbocycles. The SMILES string of the molecule is CCCNC(CC)c1cccc(C)n1. The molecule has 14 heavy (non-hydrogen) atoms. The summed E-state index contributed by atoms with van der Waals surface area (Å²) < 4.78 is 0. The number of rotatable bonds is 5. The molecule has 0 radical (unpaired) electrons. The monoisotopic (exact) mass is 192 g/mol. The number of hydrogen-bond acceptors (Lipinski definition) is 2. The maximum atomic E-state index is 4.53. The normalized spacial score (nSPS) is 12.8. The van der Waals surface area contributed by atoms with E-state index in [4.69, 9.17) is 0 Å². The molecule has 1 aromatic rings. The average molecular weight is 192 g/mol. The Hall–Kier alpha value is -0.890. The van der Waals surface area contributed by atoms with E-state index < -0.39 is 0 Å². The first-order valence-corrected chi connectivity index (χ1v) is 5.44. The van der Waals surface area contributed by atoms with Crippen molar-refractivity contribution >= 4 is 0 Å². The van der Waals surface area contributed by atoms with Gasteiger partial charge in [0, 0.05) is 11.7 Å². The molecule has 0 aromatic carbocycles. The number of hydrogen-bond donors (Lipinski definition) is 1. The molecule has 0 fully saturated rings. The fraction of sp³-hybridized carbons (Fsp3) is 0.583. The molecule has 78 valence electrons. The van der Waals surface area contributed by atoms with Gasteiger partial charge in [0.25, 0.3) is 0 Å². The molecule has 1 heterocycles. The molecule has 2 heteroatoms. The lowest BCUT2D eigenvalue weighted by molar-refractivity contribution is 0.506. The molecule has 1 rings (SSSR count). The lowest BCUT2D eigenvalue weighted by atomic mass is 10.1. The molecule has 0 aliphatic rings. The van der Waals surface area contributed by atoms with Crippen molar-refractivity contribution in [1.82, 2.24) is 10.3 Å². The summed E-state index contributed by atoms with van der Waals surface area (Å²) >= 11 is 0. The van der Waals surface area contributed by atoms with Crippen LogP contribution < -0.4 is 5.32 Å². The van der Waals surface area contributed by atoms with E-state index >= 15 is 0 Å². The zero-order valence-electron chi connectivity index (χ0n) is 9.38. The summed E-state index contributed by atoms with van der Waals surface area (Å²) in [6, 6.07) is 6.63. The Morgan fingerprint density at radius 3 is 2.71 bits per heavy atom. The maximum absolute atomic E-state index is 4.53. The van der Waals surface area contributed by atoms with Crippen LogP contribution in [-0.2, 0) is 0 Å². The van der Waals surface area contributed by atoms with Crippen LogP contribution in [0.2, 0.25) is 0 Å². The molecule has 0 aliphatic heterocycles. The lowest BCUT2D eigenvalue weighted by Gasteiger charge is -2.16. The summed E-state index contributed by atoms with van der Waals surface area (Å²) in [6.45, 7) is 7.48. The van der Waals surface area contributed by atoms with Gasteiger partial charge in [0.2, 0.25) is 0 Å². The van der Waals surface area contributed by atoms with Gasteiger partial charge in [-0.2, -0.15) is 0 Å². The maximum Gasteiger partial charge on any atom is 0.0576 e. The van der Waals surface area contributed by atoms with Gasteiger partial charge in [0.15, 0.2) is 0 Å². The van der Waals surface area contributed by atoms with E-state index in [0.29, 0.717) is 6.04 Å². The second-order valence-electron chi connectivity index (χ2n) is 3.62. The van der Waals surface area contributed by atoms with E-state index in [2.05, 4.69) is 36.3 Å². The van der Waals surface area contributed by atoms with Gasteiger partial charge in [-0.3, -0.25) is 4.98 Å². The van der Waals surface area contributed by atoms with Gasteiger partial charge in [-0.05, 0) is 38.4 Å². The fourth-order valence-corrected chi connectivity index (χ4v) is 1.53. The topological polar surface area (TPSA) is 24.9 Å². The minimum absolute atomic E-state index is 0.412. The number of nitrogens with one attached hydrogen (secondary N) is 1. The predicted molar refractivity (Wildman–Crippen MR) is 60.3 cm³/mol. The number of aryl methyl sites for hydroxylation is 1. The van der Waals surface area contributed by atoms with Crippen LogP contribution in [-0.4, -0.2) is 11.5 Å². The summed E-state index contributed by atoms with van der Waals surface area (Å²) in [5.41, 5.74) is 2.26. The Morgan fingerprint density at radius 2 is 2.14 bits per heavy atom. The highest BCUT2D eigenvalue weighted by Gasteiger charge is 2.08. The van der Waals surface area contributed by atoms with E-state index in [1.807, 2.05) is 13.0 Å². The first-order valence-electron chi connectivity index (χ1n) is 5.44. The molecular weight excluding hydrogens is 172 g/mol. The minimum atomic E-state index is 0.412. The van der Waals surface area contributed by atoms with E-state index in [1.165, 1.54) is 12.1 Å². The van der Waals surface area contributed by atoms with Crippen molar-refractivity contribution in [3.05, 3.63) is 29.6 Å². The standard InChI is InChI=1S/C12H20N2/c1-4-9-13-11(5-2)12-8-6-7-10(3)14-12/h6-8,11,13H,4-5,9H2,1-3H3. The van der Waals surface area contributed by atoms with Crippen molar-refractivity contribution in [2.45, 2.75) is 39.7 Å². The molecule has 0 aliphatic carbocycles. The Kier molecular flexibility index (Phi) is 4.60. The third kappa shape index (κ3) is 3.11. The molecule has 0 spiro atoms. The Balaban J connectivity index is 2.68. The first-order chi connectivity index (χ1) is 6.77. The van der Waals surface area contributed by atoms with Crippen molar-refractivity contribution in [1.29, 1.82) is 0 Å². The molecule has 2 nitrogen and oxygen atoms in total. The van der Waals surface area contributed by atoms with Gasteiger partial charge in [-0.1, -0.05) is 19.9 Å². The molecule has 1 atom stereocenters. The molecular formula is C12H20N2. The summed E-state index contributed by atoms with van der Waals surface area (Å²) in [5.74, 6) is 0. The Labute approximate surface area is 86.8 Å². The van der Waals surface area contributed by atoms with Crippen LogP contribution in [0.3, 0.4) is 0 Å². The highest BCUT2D eigenvalue weighted by Crippen LogP contribution is 2.13. The van der Waals surface area contributed by atoms with Crippen LogP contribution in [0.15, 0.2) is 18.2 Å². The van der Waals surface area contributed by atoms with Crippen LogP contribution in [0.25, 0.3) is 0 Å². The Bertz CT molecular complexity index is 271. The third-order valence-electron chi connectivity index (χ3n) is 2.32. The van der Waals surface area contributed by atoms with Crippen LogP contribution in [0.1, 0.15) is 44.1 Å². The van der Waals surface area contributed by atoms with E-state index in [1.54, 1.807) is 0 Å². The van der Waals surface area contributed by atoms with Crippen molar-refractivity contribution in [3.8, 4) is 0 Å². The van der Waals surface area contributed by atoms with Gasteiger partial charge >= 0.3 is 0 Å². The van der Waals surface area contributed by atoms with E-state index in [0.717, 1.165) is 18.7 Å². The van der Waals surface area contributed by atoms with Gasteiger partial charge in [0.05, 0.1) is 5.69 Å². The Morgan fingerprint density at radius 1 is 1.36 bits per heavy atom. The van der Waals surface area contributed by atoms with E-state index in [-0.39, 0.29) is 0 Å².